The summed E-state index contributed by atoms with van der Waals surface area (Å²) in [5.74, 6) is 1.57. The Labute approximate surface area is 105 Å². The van der Waals surface area contributed by atoms with Crippen LogP contribution >= 0.6 is 11.8 Å². The molecule has 3 N–H and O–H groups in total. The third kappa shape index (κ3) is 4.00. The molecule has 0 radical (unpaired) electrons. The molecule has 2 rings (SSSR count). The molecule has 0 amide bonds. The number of hydrogen-bond donors (Lipinski definition) is 2. The van der Waals surface area contributed by atoms with Crippen LogP contribution in [0.4, 0.5) is 11.5 Å². The Morgan fingerprint density at radius 2 is 2.00 bits per heavy atom. The van der Waals surface area contributed by atoms with Gasteiger partial charge in [0.05, 0.1) is 0 Å². The minimum Gasteiger partial charge on any atom is -0.384 e. The first-order valence-electron chi connectivity index (χ1n) is 5.48. The SMILES string of the molecule is Nc1cc(NCCSc2ccccc2)ccn1. The van der Waals surface area contributed by atoms with Crippen LogP contribution in [0.15, 0.2) is 53.6 Å². The molecule has 0 saturated heterocycles. The van der Waals surface area contributed by atoms with Gasteiger partial charge in [-0.2, -0.15) is 0 Å². The van der Waals surface area contributed by atoms with E-state index in [1.807, 2.05) is 30.0 Å². The Bertz CT molecular complexity index is 459. The molecule has 2 aromatic rings. The van der Waals surface area contributed by atoms with Gasteiger partial charge in [-0.15, -0.1) is 11.8 Å². The molecule has 17 heavy (non-hydrogen) atoms. The van der Waals surface area contributed by atoms with E-state index < -0.39 is 0 Å². The van der Waals surface area contributed by atoms with E-state index in [2.05, 4.69) is 34.6 Å². The summed E-state index contributed by atoms with van der Waals surface area (Å²) >= 11 is 1.83. The van der Waals surface area contributed by atoms with Gasteiger partial charge in [0.15, 0.2) is 0 Å². The van der Waals surface area contributed by atoms with Crippen molar-refractivity contribution < 1.29 is 0 Å². The highest BCUT2D eigenvalue weighted by atomic mass is 32.2. The van der Waals surface area contributed by atoms with Gasteiger partial charge >= 0.3 is 0 Å². The van der Waals surface area contributed by atoms with Crippen molar-refractivity contribution in [1.82, 2.24) is 4.98 Å². The Morgan fingerprint density at radius 3 is 2.76 bits per heavy atom. The summed E-state index contributed by atoms with van der Waals surface area (Å²) in [6.07, 6.45) is 1.71. The summed E-state index contributed by atoms with van der Waals surface area (Å²) in [5, 5.41) is 3.31. The average molecular weight is 245 g/mol. The van der Waals surface area contributed by atoms with Gasteiger partial charge in [-0.1, -0.05) is 18.2 Å². The molecule has 3 nitrogen and oxygen atoms in total. The van der Waals surface area contributed by atoms with Crippen LogP contribution in [-0.4, -0.2) is 17.3 Å². The number of anilines is 2. The lowest BCUT2D eigenvalue weighted by Crippen LogP contribution is -2.04. The summed E-state index contributed by atoms with van der Waals surface area (Å²) in [5.41, 5.74) is 6.62. The van der Waals surface area contributed by atoms with Crippen molar-refractivity contribution in [2.24, 2.45) is 0 Å². The van der Waals surface area contributed by atoms with Crippen LogP contribution in [0.5, 0.6) is 0 Å². The van der Waals surface area contributed by atoms with Crippen molar-refractivity contribution in [1.29, 1.82) is 0 Å². The Balaban J connectivity index is 1.73. The zero-order chi connectivity index (χ0) is 11.9. The second-order valence-electron chi connectivity index (χ2n) is 3.56. The third-order valence-corrected chi connectivity index (χ3v) is 3.24. The molecular formula is C13H15N3S. The van der Waals surface area contributed by atoms with Crippen LogP contribution in [0.1, 0.15) is 0 Å². The lowest BCUT2D eigenvalue weighted by molar-refractivity contribution is 1.21. The largest absolute Gasteiger partial charge is 0.384 e. The number of rotatable bonds is 5. The molecule has 0 fully saturated rings. The van der Waals surface area contributed by atoms with Gasteiger partial charge in [-0.25, -0.2) is 4.98 Å². The molecule has 1 aromatic heterocycles. The van der Waals surface area contributed by atoms with Crippen LogP contribution in [0.2, 0.25) is 0 Å². The molecule has 0 unspecified atom stereocenters. The standard InChI is InChI=1S/C13H15N3S/c14-13-10-11(6-7-16-13)15-8-9-17-12-4-2-1-3-5-12/h1-7,10H,8-9H2,(H3,14,15,16). The smallest absolute Gasteiger partial charge is 0.125 e. The first-order valence-corrected chi connectivity index (χ1v) is 6.46. The van der Waals surface area contributed by atoms with E-state index in [1.165, 1.54) is 4.90 Å². The minimum absolute atomic E-state index is 0.547. The summed E-state index contributed by atoms with van der Waals surface area (Å²) in [7, 11) is 0. The number of hydrogen-bond acceptors (Lipinski definition) is 4. The zero-order valence-corrected chi connectivity index (χ0v) is 10.3. The van der Waals surface area contributed by atoms with Crippen molar-refractivity contribution >= 4 is 23.3 Å². The van der Waals surface area contributed by atoms with Crippen LogP contribution in [0, 0.1) is 0 Å². The normalized spacial score (nSPS) is 10.1. The molecule has 0 saturated carbocycles. The fourth-order valence-electron chi connectivity index (χ4n) is 1.44. The number of nitrogens with one attached hydrogen (secondary N) is 1. The van der Waals surface area contributed by atoms with E-state index in [1.54, 1.807) is 6.20 Å². The maximum absolute atomic E-state index is 5.60. The van der Waals surface area contributed by atoms with Crippen molar-refractivity contribution in [3.63, 3.8) is 0 Å². The van der Waals surface area contributed by atoms with Crippen LogP contribution in [-0.2, 0) is 0 Å². The third-order valence-electron chi connectivity index (χ3n) is 2.22. The lowest BCUT2D eigenvalue weighted by atomic mass is 10.4. The van der Waals surface area contributed by atoms with Gasteiger partial charge in [-0.3, -0.25) is 0 Å². The van der Waals surface area contributed by atoms with Crippen LogP contribution in [0.3, 0.4) is 0 Å². The monoisotopic (exact) mass is 245 g/mol. The molecule has 1 aromatic carbocycles. The highest BCUT2D eigenvalue weighted by molar-refractivity contribution is 7.99. The molecule has 0 aliphatic carbocycles. The van der Waals surface area contributed by atoms with E-state index in [4.69, 9.17) is 5.73 Å². The summed E-state index contributed by atoms with van der Waals surface area (Å²) in [6.45, 7) is 0.906. The van der Waals surface area contributed by atoms with Crippen LogP contribution in [0.25, 0.3) is 0 Å². The Morgan fingerprint density at radius 1 is 1.18 bits per heavy atom. The molecule has 0 aliphatic rings. The van der Waals surface area contributed by atoms with Gasteiger partial charge in [0, 0.05) is 35.1 Å². The first kappa shape index (κ1) is 11.8. The van der Waals surface area contributed by atoms with E-state index in [0.29, 0.717) is 5.82 Å². The number of pyridine rings is 1. The maximum Gasteiger partial charge on any atom is 0.125 e. The minimum atomic E-state index is 0.547. The Kier molecular flexibility index (Phi) is 4.27. The Hall–Kier alpha value is -1.68. The number of nitrogen functional groups attached to an aromatic ring is 1. The lowest BCUT2D eigenvalue weighted by Gasteiger charge is -2.06. The molecule has 4 heteroatoms. The molecule has 88 valence electrons. The second kappa shape index (κ2) is 6.15. The van der Waals surface area contributed by atoms with E-state index in [-0.39, 0.29) is 0 Å². The summed E-state index contributed by atoms with van der Waals surface area (Å²) in [4.78, 5) is 5.24. The topological polar surface area (TPSA) is 50.9 Å². The van der Waals surface area contributed by atoms with Gasteiger partial charge in [0.1, 0.15) is 5.82 Å². The number of nitrogens with zero attached hydrogens (tertiary/aromatic N) is 1. The average Bonchev–Trinajstić information content (AvgIpc) is 2.36. The van der Waals surface area contributed by atoms with Crippen molar-refractivity contribution in [2.75, 3.05) is 23.3 Å². The number of benzene rings is 1. The molecular weight excluding hydrogens is 230 g/mol. The van der Waals surface area contributed by atoms with Crippen LogP contribution < -0.4 is 11.1 Å². The number of thioether (sulfide) groups is 1. The molecule has 0 bridgehead atoms. The quantitative estimate of drug-likeness (QED) is 0.628. The van der Waals surface area contributed by atoms with Crippen molar-refractivity contribution in [2.45, 2.75) is 4.90 Å². The summed E-state index contributed by atoms with van der Waals surface area (Å²) in [6, 6.07) is 14.1. The fourth-order valence-corrected chi connectivity index (χ4v) is 2.23. The first-order chi connectivity index (χ1) is 8.34. The second-order valence-corrected chi connectivity index (χ2v) is 4.73. The van der Waals surface area contributed by atoms with E-state index >= 15 is 0 Å². The van der Waals surface area contributed by atoms with Gasteiger partial charge in [0.2, 0.25) is 0 Å². The molecule has 0 atom stereocenters. The van der Waals surface area contributed by atoms with Gasteiger partial charge in [-0.05, 0) is 18.2 Å². The van der Waals surface area contributed by atoms with Gasteiger partial charge < -0.3 is 11.1 Å². The molecule has 0 aliphatic heterocycles. The van der Waals surface area contributed by atoms with Gasteiger partial charge in [0.25, 0.3) is 0 Å². The zero-order valence-electron chi connectivity index (χ0n) is 9.47. The van der Waals surface area contributed by atoms with E-state index in [9.17, 15) is 0 Å². The number of aromatic nitrogens is 1. The predicted octanol–water partition coefficient (Wildman–Crippen LogP) is 2.87. The summed E-state index contributed by atoms with van der Waals surface area (Å²) < 4.78 is 0. The maximum atomic E-state index is 5.60. The van der Waals surface area contributed by atoms with Crippen molar-refractivity contribution in [3.8, 4) is 0 Å². The van der Waals surface area contributed by atoms with E-state index in [0.717, 1.165) is 18.0 Å². The highest BCUT2D eigenvalue weighted by Gasteiger charge is 1.94. The molecule has 0 spiro atoms. The van der Waals surface area contributed by atoms with Crippen molar-refractivity contribution in [3.05, 3.63) is 48.7 Å². The number of nitrogens with two attached hydrogens (primary N) is 1. The fraction of sp³-hybridized carbons (Fsp3) is 0.154. The predicted molar refractivity (Wildman–Crippen MR) is 74.3 cm³/mol. The molecule has 1 heterocycles. The highest BCUT2D eigenvalue weighted by Crippen LogP contribution is 2.16.